The molecule has 0 bridgehead atoms. The van der Waals surface area contributed by atoms with Gasteiger partial charge < -0.3 is 19.9 Å². The van der Waals surface area contributed by atoms with Gasteiger partial charge in [0.05, 0.1) is 31.4 Å². The average molecular weight is 328 g/mol. The number of benzene rings is 1. The number of carbonyl (C=O) groups is 2. The minimum atomic E-state index is -0.212. The molecule has 2 amide bonds. The Hall–Kier alpha value is -2.83. The van der Waals surface area contributed by atoms with Gasteiger partial charge in [-0.1, -0.05) is 6.07 Å². The summed E-state index contributed by atoms with van der Waals surface area (Å²) in [5.41, 5.74) is 2.54. The van der Waals surface area contributed by atoms with Gasteiger partial charge in [0.1, 0.15) is 5.75 Å². The van der Waals surface area contributed by atoms with E-state index in [0.717, 1.165) is 17.8 Å². The number of ether oxygens (including phenoxy) is 1. The molecule has 7 nitrogen and oxygen atoms in total. The summed E-state index contributed by atoms with van der Waals surface area (Å²) in [5.74, 6) is 0.444. The molecule has 1 aromatic heterocycles. The molecule has 0 saturated carbocycles. The van der Waals surface area contributed by atoms with E-state index in [1.807, 2.05) is 0 Å². The maximum absolute atomic E-state index is 12.3. The fourth-order valence-electron chi connectivity index (χ4n) is 2.73. The number of hydrogen-bond acceptors (Lipinski definition) is 4. The molecule has 24 heavy (non-hydrogen) atoms. The largest absolute Gasteiger partial charge is 0.497 e. The molecule has 1 aliphatic rings. The second-order valence-electron chi connectivity index (χ2n) is 5.63. The summed E-state index contributed by atoms with van der Waals surface area (Å²) in [7, 11) is 1.55. The van der Waals surface area contributed by atoms with E-state index in [-0.39, 0.29) is 18.2 Å². The summed E-state index contributed by atoms with van der Waals surface area (Å²) in [6.07, 6.45) is 2.70. The molecule has 0 unspecified atom stereocenters. The van der Waals surface area contributed by atoms with E-state index >= 15 is 0 Å². The van der Waals surface area contributed by atoms with Crippen molar-refractivity contribution in [1.29, 1.82) is 0 Å². The first-order chi connectivity index (χ1) is 11.7. The van der Waals surface area contributed by atoms with Gasteiger partial charge in [-0.05, 0) is 18.2 Å². The van der Waals surface area contributed by atoms with Crippen LogP contribution in [0, 0.1) is 0 Å². The van der Waals surface area contributed by atoms with E-state index in [4.69, 9.17) is 4.74 Å². The van der Waals surface area contributed by atoms with Crippen molar-refractivity contribution in [2.45, 2.75) is 19.4 Å². The van der Waals surface area contributed by atoms with E-state index < -0.39 is 0 Å². The molecule has 0 aliphatic carbocycles. The van der Waals surface area contributed by atoms with Gasteiger partial charge in [-0.2, -0.15) is 0 Å². The molecule has 0 atom stereocenters. The van der Waals surface area contributed by atoms with Crippen LogP contribution in [0.15, 0.2) is 30.6 Å². The fraction of sp³-hybridized carbons (Fsp3) is 0.353. The van der Waals surface area contributed by atoms with Crippen LogP contribution in [-0.2, 0) is 17.8 Å². The van der Waals surface area contributed by atoms with Gasteiger partial charge in [0.15, 0.2) is 0 Å². The van der Waals surface area contributed by atoms with Crippen LogP contribution in [0.25, 0.3) is 0 Å². The number of aromatic nitrogens is 2. The Balaban J connectivity index is 1.47. The zero-order chi connectivity index (χ0) is 16.9. The fourth-order valence-corrected chi connectivity index (χ4v) is 2.73. The highest BCUT2D eigenvalue weighted by atomic mass is 16.5. The molecule has 0 fully saturated rings. The average Bonchev–Trinajstić information content (AvgIpc) is 3.09. The maximum atomic E-state index is 12.3. The van der Waals surface area contributed by atoms with Crippen LogP contribution in [-0.4, -0.2) is 46.9 Å². The van der Waals surface area contributed by atoms with E-state index in [0.29, 0.717) is 30.9 Å². The number of fused-ring (bicyclic) bond motifs is 1. The van der Waals surface area contributed by atoms with Gasteiger partial charge in [-0.15, -0.1) is 0 Å². The van der Waals surface area contributed by atoms with E-state index in [9.17, 15) is 9.59 Å². The molecule has 2 heterocycles. The first-order valence-electron chi connectivity index (χ1n) is 7.88. The van der Waals surface area contributed by atoms with Gasteiger partial charge in [0.25, 0.3) is 5.91 Å². The zero-order valence-corrected chi connectivity index (χ0v) is 13.5. The highest BCUT2D eigenvalue weighted by molar-refractivity contribution is 5.94. The van der Waals surface area contributed by atoms with Crippen LogP contribution in [0.3, 0.4) is 0 Å². The standard InChI is InChI=1S/C17H20N4O3/c1-24-13-4-2-3-12(9-13)17(23)18-7-5-16(22)21-8-6-14-15(10-21)20-11-19-14/h2-4,9,11H,5-8,10H2,1H3,(H,18,23)(H,19,20). The number of aromatic amines is 1. The first kappa shape index (κ1) is 16.0. The number of imidazole rings is 1. The smallest absolute Gasteiger partial charge is 0.251 e. The predicted molar refractivity (Wildman–Crippen MR) is 87.7 cm³/mol. The number of methoxy groups -OCH3 is 1. The monoisotopic (exact) mass is 328 g/mol. The third-order valence-electron chi connectivity index (χ3n) is 4.08. The summed E-state index contributed by atoms with van der Waals surface area (Å²) >= 11 is 0. The molecular weight excluding hydrogens is 308 g/mol. The molecule has 2 aromatic rings. The Labute approximate surface area is 140 Å². The third-order valence-corrected chi connectivity index (χ3v) is 4.08. The van der Waals surface area contributed by atoms with Crippen molar-refractivity contribution in [2.24, 2.45) is 0 Å². The predicted octanol–water partition coefficient (Wildman–Crippen LogP) is 1.12. The molecule has 0 saturated heterocycles. The number of amides is 2. The Morgan fingerprint density at radius 1 is 1.42 bits per heavy atom. The lowest BCUT2D eigenvalue weighted by Crippen LogP contribution is -2.38. The maximum Gasteiger partial charge on any atom is 0.251 e. The van der Waals surface area contributed by atoms with Crippen molar-refractivity contribution in [1.82, 2.24) is 20.2 Å². The first-order valence-corrected chi connectivity index (χ1v) is 7.88. The summed E-state index contributed by atoms with van der Waals surface area (Å²) < 4.78 is 5.10. The molecular formula is C17H20N4O3. The lowest BCUT2D eigenvalue weighted by Gasteiger charge is -2.26. The number of carbonyl (C=O) groups excluding carboxylic acids is 2. The summed E-state index contributed by atoms with van der Waals surface area (Å²) in [6.45, 7) is 1.53. The zero-order valence-electron chi connectivity index (χ0n) is 13.5. The molecule has 126 valence electrons. The Kier molecular flexibility index (Phi) is 4.79. The van der Waals surface area contributed by atoms with Crippen molar-refractivity contribution in [2.75, 3.05) is 20.2 Å². The van der Waals surface area contributed by atoms with Crippen LogP contribution in [0.5, 0.6) is 5.75 Å². The molecule has 2 N–H and O–H groups in total. The van der Waals surface area contributed by atoms with Crippen LogP contribution in [0.4, 0.5) is 0 Å². The molecule has 0 radical (unpaired) electrons. The second kappa shape index (κ2) is 7.16. The van der Waals surface area contributed by atoms with Gasteiger partial charge in [-0.3, -0.25) is 9.59 Å². The SMILES string of the molecule is COc1cccc(C(=O)NCCC(=O)N2CCc3nc[nH]c3C2)c1. The number of rotatable bonds is 5. The van der Waals surface area contributed by atoms with Crippen LogP contribution in [0.2, 0.25) is 0 Å². The van der Waals surface area contributed by atoms with Crippen molar-refractivity contribution in [3.05, 3.63) is 47.5 Å². The van der Waals surface area contributed by atoms with Crippen molar-refractivity contribution < 1.29 is 14.3 Å². The summed E-state index contributed by atoms with van der Waals surface area (Å²) in [5, 5.41) is 2.77. The van der Waals surface area contributed by atoms with E-state index in [1.165, 1.54) is 0 Å². The Morgan fingerprint density at radius 3 is 3.12 bits per heavy atom. The summed E-state index contributed by atoms with van der Waals surface area (Å²) in [4.78, 5) is 33.4. The Morgan fingerprint density at radius 2 is 2.29 bits per heavy atom. The summed E-state index contributed by atoms with van der Waals surface area (Å²) in [6, 6.07) is 6.92. The topological polar surface area (TPSA) is 87.3 Å². The molecule has 0 spiro atoms. The van der Waals surface area contributed by atoms with E-state index in [2.05, 4.69) is 15.3 Å². The lowest BCUT2D eigenvalue weighted by atomic mass is 10.1. The molecule has 7 heteroatoms. The van der Waals surface area contributed by atoms with E-state index in [1.54, 1.807) is 42.6 Å². The number of nitrogens with one attached hydrogen (secondary N) is 2. The minimum absolute atomic E-state index is 0.0289. The highest BCUT2D eigenvalue weighted by Gasteiger charge is 2.22. The third kappa shape index (κ3) is 3.56. The normalized spacial score (nSPS) is 13.3. The van der Waals surface area contributed by atoms with Crippen LogP contribution < -0.4 is 10.1 Å². The van der Waals surface area contributed by atoms with Crippen molar-refractivity contribution in [3.8, 4) is 5.75 Å². The van der Waals surface area contributed by atoms with Crippen molar-refractivity contribution >= 4 is 11.8 Å². The molecule has 1 aliphatic heterocycles. The number of H-pyrrole nitrogens is 1. The Bertz CT molecular complexity index is 741. The highest BCUT2D eigenvalue weighted by Crippen LogP contribution is 2.15. The minimum Gasteiger partial charge on any atom is -0.497 e. The van der Waals surface area contributed by atoms with Crippen LogP contribution >= 0.6 is 0 Å². The second-order valence-corrected chi connectivity index (χ2v) is 5.63. The van der Waals surface area contributed by atoms with Gasteiger partial charge >= 0.3 is 0 Å². The van der Waals surface area contributed by atoms with Crippen molar-refractivity contribution in [3.63, 3.8) is 0 Å². The lowest BCUT2D eigenvalue weighted by molar-refractivity contribution is -0.132. The van der Waals surface area contributed by atoms with Crippen LogP contribution in [0.1, 0.15) is 28.2 Å². The number of hydrogen-bond donors (Lipinski definition) is 2. The van der Waals surface area contributed by atoms with Gasteiger partial charge in [0, 0.05) is 31.5 Å². The quantitative estimate of drug-likeness (QED) is 0.861. The molecule has 3 rings (SSSR count). The van der Waals surface area contributed by atoms with Gasteiger partial charge in [0.2, 0.25) is 5.91 Å². The van der Waals surface area contributed by atoms with Gasteiger partial charge in [-0.25, -0.2) is 4.98 Å². The molecule has 1 aromatic carbocycles. The number of nitrogens with zero attached hydrogens (tertiary/aromatic N) is 2.